The van der Waals surface area contributed by atoms with Gasteiger partial charge in [-0.05, 0) is 40.0 Å². The Morgan fingerprint density at radius 3 is 1.70 bits per heavy atom. The third-order valence-electron chi connectivity index (χ3n) is 3.55. The number of hydrogen-bond donors (Lipinski definition) is 0. The molecule has 0 radical (unpaired) electrons. The van der Waals surface area contributed by atoms with Gasteiger partial charge in [0.2, 0.25) is 0 Å². The smallest absolute Gasteiger partial charge is 0.434 e. The van der Waals surface area contributed by atoms with Crippen molar-refractivity contribution < 1.29 is 53.6 Å². The highest BCUT2D eigenvalue weighted by Crippen LogP contribution is 2.36. The molecule has 176 valence electrons. The van der Waals surface area contributed by atoms with Crippen LogP contribution in [0.2, 0.25) is 32.7 Å². The second kappa shape index (κ2) is 9.97. The number of halogens is 6. The van der Waals surface area contributed by atoms with Crippen molar-refractivity contribution in [1.82, 2.24) is 0 Å². The molecule has 0 amide bonds. The first-order valence-corrected chi connectivity index (χ1v) is 16.5. The van der Waals surface area contributed by atoms with E-state index in [0.717, 1.165) is 0 Å². The molecule has 0 rings (SSSR count). The highest BCUT2D eigenvalue weighted by Gasteiger charge is 2.59. The molecule has 15 heteroatoms. The summed E-state index contributed by atoms with van der Waals surface area (Å²) in [5.41, 5.74) is 0. The minimum absolute atomic E-state index is 0.135. The Morgan fingerprint density at radius 1 is 0.900 bits per heavy atom. The van der Waals surface area contributed by atoms with E-state index in [1.54, 1.807) is 6.55 Å². The topological polar surface area (TPSA) is 71.1 Å². The summed E-state index contributed by atoms with van der Waals surface area (Å²) in [6, 6.07) is 0. The quantitative estimate of drug-likeness (QED) is 0.209. The molecule has 0 heterocycles. The summed E-state index contributed by atoms with van der Waals surface area (Å²) in [6.07, 6.45) is -15.5. The molecule has 1 unspecified atom stereocenters. The van der Waals surface area contributed by atoms with E-state index in [0.29, 0.717) is 6.08 Å². The molecule has 0 aromatic carbocycles. The Morgan fingerprint density at radius 2 is 1.33 bits per heavy atom. The van der Waals surface area contributed by atoms with E-state index >= 15 is 0 Å². The first-order chi connectivity index (χ1) is 13.1. The number of ether oxygens (including phenoxy) is 2. The molecule has 30 heavy (non-hydrogen) atoms. The Hall–Kier alpha value is -1.17. The van der Waals surface area contributed by atoms with Crippen LogP contribution in [-0.2, 0) is 27.3 Å². The van der Waals surface area contributed by atoms with Crippen LogP contribution in [0.25, 0.3) is 0 Å². The van der Waals surface area contributed by atoms with Gasteiger partial charge in [-0.2, -0.15) is 26.3 Å². The van der Waals surface area contributed by atoms with Crippen LogP contribution in [0, 0.1) is 0 Å². The van der Waals surface area contributed by atoms with Crippen LogP contribution in [0.1, 0.15) is 13.8 Å². The summed E-state index contributed by atoms with van der Waals surface area (Å²) in [5, 5.41) is -1.26. The van der Waals surface area contributed by atoms with Crippen molar-refractivity contribution >= 4 is 38.6 Å². The van der Waals surface area contributed by atoms with Gasteiger partial charge < -0.3 is 17.7 Å². The fourth-order valence-electron chi connectivity index (χ4n) is 2.17. The predicted molar refractivity (Wildman–Crippen MR) is 103 cm³/mol. The molecular formula is C15H26F6O6Si3. The standard InChI is InChI=1S/C15H26F6O6Si3/c1-13(2,30(7,26-28-3)27-29(4,5)6)25-11(23)9-8-10(22)24-12(14(16,17)18)15(19,20)21/h8-9,12H,28H2,1-7H3. The highest BCUT2D eigenvalue weighted by atomic mass is 28.5. The molecule has 0 fully saturated rings. The minimum Gasteiger partial charge on any atom is -0.455 e. The Bertz CT molecular complexity index is 630. The first kappa shape index (κ1) is 28.8. The maximum Gasteiger partial charge on any atom is 0.434 e. The predicted octanol–water partition coefficient (Wildman–Crippen LogP) is 3.51. The molecule has 0 saturated heterocycles. The van der Waals surface area contributed by atoms with E-state index in [-0.39, 0.29) is 6.08 Å². The summed E-state index contributed by atoms with van der Waals surface area (Å²) in [7, 11) is -6.17. The molecule has 0 aromatic rings. The van der Waals surface area contributed by atoms with Crippen molar-refractivity contribution in [2.75, 3.05) is 0 Å². The molecule has 1 atom stereocenters. The number of esters is 2. The lowest BCUT2D eigenvalue weighted by Gasteiger charge is -2.43. The zero-order valence-electron chi connectivity index (χ0n) is 17.7. The van der Waals surface area contributed by atoms with Crippen LogP contribution in [-0.4, -0.2) is 62.3 Å². The van der Waals surface area contributed by atoms with Gasteiger partial charge in [0.1, 0.15) is 15.0 Å². The molecule has 0 aliphatic rings. The first-order valence-electron chi connectivity index (χ1n) is 8.74. The largest absolute Gasteiger partial charge is 0.455 e. The van der Waals surface area contributed by atoms with Crippen molar-refractivity contribution in [3.8, 4) is 0 Å². The van der Waals surface area contributed by atoms with Gasteiger partial charge in [-0.3, -0.25) is 0 Å². The Labute approximate surface area is 175 Å². The fourth-order valence-corrected chi connectivity index (χ4v) is 12.5. The average Bonchev–Trinajstić information content (AvgIpc) is 2.46. The van der Waals surface area contributed by atoms with E-state index in [4.69, 9.17) is 13.0 Å². The third-order valence-corrected chi connectivity index (χ3v) is 13.2. The molecular weight excluding hydrogens is 474 g/mol. The SMILES string of the molecule is C[SiH2]O[Si](C)(O[Si](C)(C)C)C(C)(C)OC(=O)C=CC(=O)OC(C(F)(F)F)C(F)(F)F. The van der Waals surface area contributed by atoms with Crippen molar-refractivity contribution in [2.24, 2.45) is 0 Å². The number of carbonyl (C=O) groups is 2. The molecule has 0 aromatic heterocycles. The van der Waals surface area contributed by atoms with Crippen molar-refractivity contribution in [1.29, 1.82) is 0 Å². The molecule has 0 N–H and O–H groups in total. The fraction of sp³-hybridized carbons (Fsp3) is 0.733. The molecule has 0 spiro atoms. The summed E-state index contributed by atoms with van der Waals surface area (Å²) in [6.45, 7) is 12.3. The van der Waals surface area contributed by atoms with Crippen molar-refractivity contribution in [2.45, 2.75) is 70.3 Å². The minimum atomic E-state index is -5.85. The second-order valence-electron chi connectivity index (χ2n) is 7.76. The van der Waals surface area contributed by atoms with Gasteiger partial charge in [-0.1, -0.05) is 6.55 Å². The number of hydrogen-bond acceptors (Lipinski definition) is 6. The molecule has 6 nitrogen and oxygen atoms in total. The number of rotatable bonds is 9. The molecule has 0 aliphatic carbocycles. The van der Waals surface area contributed by atoms with Gasteiger partial charge in [0.25, 0.3) is 6.10 Å². The van der Waals surface area contributed by atoms with Crippen LogP contribution in [0.5, 0.6) is 0 Å². The lowest BCUT2D eigenvalue weighted by molar-refractivity contribution is -0.312. The zero-order chi connectivity index (χ0) is 24.2. The highest BCUT2D eigenvalue weighted by molar-refractivity contribution is 6.84. The van der Waals surface area contributed by atoms with Gasteiger partial charge >= 0.3 is 32.9 Å². The van der Waals surface area contributed by atoms with Gasteiger partial charge in [0.15, 0.2) is 8.32 Å². The number of alkyl halides is 6. The normalized spacial score (nSPS) is 16.3. The molecule has 0 saturated carbocycles. The maximum absolute atomic E-state index is 12.4. The van der Waals surface area contributed by atoms with E-state index in [1.165, 1.54) is 13.8 Å². The van der Waals surface area contributed by atoms with Crippen LogP contribution in [0.3, 0.4) is 0 Å². The lowest BCUT2D eigenvalue weighted by Crippen LogP contribution is -2.63. The van der Waals surface area contributed by atoms with Gasteiger partial charge in [0, 0.05) is 12.2 Å². The Balaban J connectivity index is 5.33. The summed E-state index contributed by atoms with van der Waals surface area (Å²) < 4.78 is 95.1. The van der Waals surface area contributed by atoms with Crippen molar-refractivity contribution in [3.05, 3.63) is 12.2 Å². The van der Waals surface area contributed by atoms with Crippen LogP contribution < -0.4 is 0 Å². The van der Waals surface area contributed by atoms with Crippen LogP contribution in [0.15, 0.2) is 12.2 Å². The van der Waals surface area contributed by atoms with E-state index < -0.39 is 62.3 Å². The van der Waals surface area contributed by atoms with Crippen LogP contribution in [0.4, 0.5) is 26.3 Å². The number of carbonyl (C=O) groups excluding carboxylic acids is 2. The van der Waals surface area contributed by atoms with Gasteiger partial charge in [-0.25, -0.2) is 9.59 Å². The van der Waals surface area contributed by atoms with Gasteiger partial charge in [-0.15, -0.1) is 0 Å². The summed E-state index contributed by atoms with van der Waals surface area (Å²) >= 11 is 0. The van der Waals surface area contributed by atoms with Gasteiger partial charge in [0.05, 0.1) is 0 Å². The van der Waals surface area contributed by atoms with Crippen LogP contribution >= 0.6 is 0 Å². The molecule has 0 aliphatic heterocycles. The second-order valence-corrected chi connectivity index (χ2v) is 17.6. The van der Waals surface area contributed by atoms with E-state index in [9.17, 15) is 35.9 Å². The van der Waals surface area contributed by atoms with E-state index in [1.807, 2.05) is 26.2 Å². The Kier molecular flexibility index (Phi) is 9.58. The van der Waals surface area contributed by atoms with E-state index in [2.05, 4.69) is 4.74 Å². The molecule has 0 bridgehead atoms. The monoisotopic (exact) mass is 500 g/mol. The summed E-state index contributed by atoms with van der Waals surface area (Å²) in [4.78, 5) is 23.4. The van der Waals surface area contributed by atoms with Crippen molar-refractivity contribution in [3.63, 3.8) is 0 Å². The average molecular weight is 501 g/mol. The zero-order valence-corrected chi connectivity index (χ0v) is 21.1. The maximum atomic E-state index is 12.4. The lowest BCUT2D eigenvalue weighted by atomic mass is 10.3. The summed E-state index contributed by atoms with van der Waals surface area (Å²) in [5.74, 6) is -3.17. The third kappa shape index (κ3) is 9.32.